The molecule has 0 amide bonds. The third-order valence-electron chi connectivity index (χ3n) is 7.54. The molecule has 2 aromatic carbocycles. The number of aromatic nitrogens is 2. The second-order valence-electron chi connectivity index (χ2n) is 10.2. The van der Waals surface area contributed by atoms with E-state index in [0.717, 1.165) is 30.9 Å². The fraction of sp³-hybridized carbons (Fsp3) is 0.321. The Labute approximate surface area is 230 Å². The highest BCUT2D eigenvalue weighted by atomic mass is 35.5. The molecule has 1 saturated heterocycles. The number of nitrogens with zero attached hydrogens (tertiary/aromatic N) is 3. The van der Waals surface area contributed by atoms with Crippen molar-refractivity contribution in [2.24, 2.45) is 0 Å². The van der Waals surface area contributed by atoms with Gasteiger partial charge >= 0.3 is 5.97 Å². The molecule has 1 aromatic heterocycles. The van der Waals surface area contributed by atoms with Crippen molar-refractivity contribution in [1.29, 1.82) is 0 Å². The van der Waals surface area contributed by atoms with Crippen LogP contribution in [0.25, 0.3) is 5.57 Å². The Morgan fingerprint density at radius 1 is 1.15 bits per heavy atom. The fourth-order valence-corrected chi connectivity index (χ4v) is 7.56. The number of carboxylic acids is 1. The van der Waals surface area contributed by atoms with Gasteiger partial charge in [-0.25, -0.2) is 17.8 Å². The van der Waals surface area contributed by atoms with Crippen LogP contribution in [0.4, 0.5) is 21.8 Å². The van der Waals surface area contributed by atoms with Gasteiger partial charge in [0.1, 0.15) is 10.7 Å². The third-order valence-corrected chi connectivity index (χ3v) is 9.67. The summed E-state index contributed by atoms with van der Waals surface area (Å²) in [4.78, 5) is 22.6. The number of hydrogen-bond donors (Lipinski definition) is 2. The van der Waals surface area contributed by atoms with Crippen LogP contribution >= 0.6 is 11.6 Å². The molecule has 3 aliphatic heterocycles. The molecular formula is C28H26ClFN4O4S. The number of carboxylic acid groups (broad SMARTS) is 1. The van der Waals surface area contributed by atoms with Gasteiger partial charge < -0.3 is 15.3 Å². The summed E-state index contributed by atoms with van der Waals surface area (Å²) in [5.41, 5.74) is 3.11. The molecule has 3 aliphatic rings. The molecule has 2 bridgehead atoms. The smallest absolute Gasteiger partial charge is 0.307 e. The average Bonchev–Trinajstić information content (AvgIpc) is 3.14. The fourth-order valence-electron chi connectivity index (χ4n) is 5.80. The highest BCUT2D eigenvalue weighted by Gasteiger charge is 2.40. The Balaban J connectivity index is 1.38. The number of halogens is 2. The van der Waals surface area contributed by atoms with Gasteiger partial charge in [0.2, 0.25) is 5.95 Å². The number of carbonyl (C=O) groups is 1. The molecule has 202 valence electrons. The molecule has 4 heterocycles. The van der Waals surface area contributed by atoms with E-state index in [4.69, 9.17) is 21.7 Å². The first-order chi connectivity index (χ1) is 18.7. The maximum absolute atomic E-state index is 15.0. The van der Waals surface area contributed by atoms with E-state index in [0.29, 0.717) is 35.1 Å². The molecule has 0 saturated carbocycles. The predicted octanol–water partition coefficient (Wildman–Crippen LogP) is 5.18. The van der Waals surface area contributed by atoms with Gasteiger partial charge in [0, 0.05) is 11.1 Å². The molecule has 11 heteroatoms. The van der Waals surface area contributed by atoms with Crippen molar-refractivity contribution in [1.82, 2.24) is 9.97 Å². The van der Waals surface area contributed by atoms with Crippen molar-refractivity contribution >= 4 is 50.4 Å². The molecule has 0 radical (unpaired) electrons. The molecule has 2 atom stereocenters. The van der Waals surface area contributed by atoms with Gasteiger partial charge in [0.05, 0.1) is 29.6 Å². The van der Waals surface area contributed by atoms with E-state index in [1.54, 1.807) is 0 Å². The molecule has 6 rings (SSSR count). The van der Waals surface area contributed by atoms with Crippen LogP contribution in [0.1, 0.15) is 42.5 Å². The summed E-state index contributed by atoms with van der Waals surface area (Å²) in [5, 5.41) is 12.6. The van der Waals surface area contributed by atoms with E-state index in [2.05, 4.69) is 21.3 Å². The van der Waals surface area contributed by atoms with Gasteiger partial charge in [-0.15, -0.1) is 0 Å². The minimum absolute atomic E-state index is 0.00765. The van der Waals surface area contributed by atoms with Crippen LogP contribution in [0.2, 0.25) is 5.02 Å². The number of benzene rings is 2. The van der Waals surface area contributed by atoms with Crippen molar-refractivity contribution < 1.29 is 22.7 Å². The number of rotatable bonds is 6. The SMILES string of the molecule is O=C(O)Cc1ccc(Nc2nc(N3C4C=C(c5ccc(Cl)cc5)CC3CC4)nc3c2S(=O)(=O)CCC3)c(F)c1. The Morgan fingerprint density at radius 2 is 1.95 bits per heavy atom. The number of fused-ring (bicyclic) bond motifs is 3. The zero-order chi connectivity index (χ0) is 27.3. The summed E-state index contributed by atoms with van der Waals surface area (Å²) in [6.07, 6.45) is 5.49. The summed E-state index contributed by atoms with van der Waals surface area (Å²) >= 11 is 6.07. The lowest BCUT2D eigenvalue weighted by atomic mass is 9.95. The Bertz CT molecular complexity index is 1610. The van der Waals surface area contributed by atoms with Crippen LogP contribution in [0.5, 0.6) is 0 Å². The van der Waals surface area contributed by atoms with Gasteiger partial charge in [-0.05, 0) is 73.1 Å². The van der Waals surface area contributed by atoms with Gasteiger partial charge in [-0.2, -0.15) is 4.98 Å². The normalized spacial score (nSPS) is 21.3. The second-order valence-corrected chi connectivity index (χ2v) is 12.7. The van der Waals surface area contributed by atoms with E-state index in [1.807, 2.05) is 24.3 Å². The van der Waals surface area contributed by atoms with E-state index in [-0.39, 0.29) is 40.7 Å². The molecule has 39 heavy (non-hydrogen) atoms. The summed E-state index contributed by atoms with van der Waals surface area (Å²) in [6.45, 7) is 0. The highest BCUT2D eigenvalue weighted by molar-refractivity contribution is 7.91. The van der Waals surface area contributed by atoms with Crippen LogP contribution in [0, 0.1) is 5.82 Å². The van der Waals surface area contributed by atoms with Gasteiger partial charge in [0.25, 0.3) is 0 Å². The monoisotopic (exact) mass is 568 g/mol. The van der Waals surface area contributed by atoms with Crippen molar-refractivity contribution in [3.63, 3.8) is 0 Å². The number of sulfone groups is 1. The maximum atomic E-state index is 15.0. The Hall–Kier alpha value is -3.50. The highest BCUT2D eigenvalue weighted by Crippen LogP contribution is 2.42. The number of aryl methyl sites for hydroxylation is 1. The first kappa shape index (κ1) is 25.8. The van der Waals surface area contributed by atoms with E-state index < -0.39 is 21.6 Å². The third kappa shape index (κ3) is 4.98. The summed E-state index contributed by atoms with van der Waals surface area (Å²) in [7, 11) is -3.67. The largest absolute Gasteiger partial charge is 0.481 e. The number of anilines is 3. The lowest BCUT2D eigenvalue weighted by molar-refractivity contribution is -0.136. The average molecular weight is 569 g/mol. The minimum Gasteiger partial charge on any atom is -0.481 e. The molecular weight excluding hydrogens is 543 g/mol. The number of aliphatic carboxylic acids is 1. The minimum atomic E-state index is -3.67. The number of nitrogens with one attached hydrogen (secondary N) is 1. The van der Waals surface area contributed by atoms with Gasteiger partial charge in [-0.1, -0.05) is 35.9 Å². The van der Waals surface area contributed by atoms with Crippen LogP contribution in [-0.4, -0.2) is 47.3 Å². The zero-order valence-electron chi connectivity index (χ0n) is 20.9. The second kappa shape index (κ2) is 9.91. The molecule has 0 aliphatic carbocycles. The van der Waals surface area contributed by atoms with Gasteiger partial charge in [-0.3, -0.25) is 4.79 Å². The van der Waals surface area contributed by atoms with E-state index >= 15 is 0 Å². The quantitative estimate of drug-likeness (QED) is 0.418. The predicted molar refractivity (Wildman–Crippen MR) is 147 cm³/mol. The molecule has 2 N–H and O–H groups in total. The van der Waals surface area contributed by atoms with Crippen LogP contribution < -0.4 is 10.2 Å². The first-order valence-corrected chi connectivity index (χ1v) is 14.9. The van der Waals surface area contributed by atoms with Crippen molar-refractivity contribution in [3.05, 3.63) is 76.2 Å². The van der Waals surface area contributed by atoms with Crippen molar-refractivity contribution in [3.8, 4) is 0 Å². The molecule has 3 aromatic rings. The topological polar surface area (TPSA) is 112 Å². The van der Waals surface area contributed by atoms with Crippen LogP contribution in [-0.2, 0) is 27.5 Å². The molecule has 2 unspecified atom stereocenters. The molecule has 1 fully saturated rings. The van der Waals surface area contributed by atoms with Crippen LogP contribution in [0.15, 0.2) is 53.4 Å². The lowest BCUT2D eigenvalue weighted by Gasteiger charge is -2.35. The lowest BCUT2D eigenvalue weighted by Crippen LogP contribution is -2.40. The van der Waals surface area contributed by atoms with E-state index in [1.165, 1.54) is 17.7 Å². The Kier molecular flexibility index (Phi) is 6.55. The summed E-state index contributed by atoms with van der Waals surface area (Å²) in [5.74, 6) is -1.31. The van der Waals surface area contributed by atoms with E-state index in [9.17, 15) is 17.6 Å². The Morgan fingerprint density at radius 3 is 2.67 bits per heavy atom. The first-order valence-electron chi connectivity index (χ1n) is 12.8. The summed E-state index contributed by atoms with van der Waals surface area (Å²) in [6, 6.07) is 12.0. The van der Waals surface area contributed by atoms with Gasteiger partial charge in [0.15, 0.2) is 15.7 Å². The molecule has 8 nitrogen and oxygen atoms in total. The maximum Gasteiger partial charge on any atom is 0.307 e. The van der Waals surface area contributed by atoms with Crippen molar-refractivity contribution in [2.45, 2.75) is 55.5 Å². The zero-order valence-corrected chi connectivity index (χ0v) is 22.5. The van der Waals surface area contributed by atoms with Crippen LogP contribution in [0.3, 0.4) is 0 Å². The summed E-state index contributed by atoms with van der Waals surface area (Å²) < 4.78 is 41.1. The standard InChI is InChI=1S/C28H26ClFN4O4S/c29-19-6-4-17(5-7-19)18-14-20-8-9-21(15-18)34(20)28-32-24-2-1-11-39(37,38)26(24)27(33-28)31-23-10-3-16(12-22(23)30)13-25(35)36/h3-7,10,12,14,20-21H,1-2,8-9,11,13,15H2,(H,35,36)(H,31,32,33). The van der Waals surface area contributed by atoms with Crippen molar-refractivity contribution in [2.75, 3.05) is 16.0 Å². The number of hydrogen-bond acceptors (Lipinski definition) is 7. The molecule has 0 spiro atoms.